The van der Waals surface area contributed by atoms with E-state index in [4.69, 9.17) is 4.74 Å². The molecule has 0 radical (unpaired) electrons. The monoisotopic (exact) mass is 293 g/mol. The molecule has 1 aromatic rings. The average Bonchev–Trinajstić information content (AvgIpc) is 2.47. The molecule has 0 unspecified atom stereocenters. The van der Waals surface area contributed by atoms with E-state index in [0.717, 1.165) is 18.4 Å². The van der Waals surface area contributed by atoms with E-state index in [2.05, 4.69) is 0 Å². The number of hydrogen-bond acceptors (Lipinski definition) is 3. The second kappa shape index (κ2) is 6.70. The predicted molar refractivity (Wildman–Crippen MR) is 75.9 cm³/mol. The highest BCUT2D eigenvalue weighted by molar-refractivity contribution is 6.32. The first-order valence-electron chi connectivity index (χ1n) is 7.26. The molecule has 1 aliphatic heterocycles. The van der Waals surface area contributed by atoms with Gasteiger partial charge in [-0.25, -0.2) is 9.18 Å². The van der Waals surface area contributed by atoms with Crippen LogP contribution in [-0.4, -0.2) is 29.9 Å². The molecule has 0 aliphatic carbocycles. The van der Waals surface area contributed by atoms with Gasteiger partial charge in [-0.1, -0.05) is 19.1 Å². The van der Waals surface area contributed by atoms with Crippen LogP contribution in [0.15, 0.2) is 24.3 Å². The number of nitrogens with zero attached hydrogens (tertiary/aromatic N) is 1. The Kier molecular flexibility index (Phi) is 4.94. The second-order valence-electron chi connectivity index (χ2n) is 5.43. The lowest BCUT2D eigenvalue weighted by molar-refractivity contribution is -0.162. The van der Waals surface area contributed by atoms with Gasteiger partial charge in [0.15, 0.2) is 0 Å². The summed E-state index contributed by atoms with van der Waals surface area (Å²) in [6.45, 7) is 4.41. The van der Waals surface area contributed by atoms with Crippen molar-refractivity contribution in [2.24, 2.45) is 5.92 Å². The lowest BCUT2D eigenvalue weighted by Crippen LogP contribution is -2.45. The number of benzene rings is 1. The Bertz CT molecular complexity index is 515. The van der Waals surface area contributed by atoms with Gasteiger partial charge in [-0.3, -0.25) is 4.79 Å². The van der Waals surface area contributed by atoms with Gasteiger partial charge in [-0.15, -0.1) is 0 Å². The molecule has 4 nitrogen and oxygen atoms in total. The molecule has 0 aromatic heterocycles. The highest BCUT2D eigenvalue weighted by Crippen LogP contribution is 2.33. The fourth-order valence-electron chi connectivity index (χ4n) is 2.72. The molecule has 1 saturated heterocycles. The zero-order chi connectivity index (χ0) is 15.4. The molecular formula is C16H20FNO3. The third-order valence-corrected chi connectivity index (χ3v) is 3.78. The van der Waals surface area contributed by atoms with Gasteiger partial charge in [-0.05, 0) is 43.4 Å². The SMILES string of the molecule is CCOC(=O)C(=O)N1C[C@@H](C)CC[C@@H]1c1ccc(F)cc1. The van der Waals surface area contributed by atoms with Crippen LogP contribution >= 0.6 is 0 Å². The highest BCUT2D eigenvalue weighted by atomic mass is 19.1. The Morgan fingerprint density at radius 2 is 1.95 bits per heavy atom. The van der Waals surface area contributed by atoms with E-state index in [0.29, 0.717) is 12.5 Å². The third kappa shape index (κ3) is 3.60. The van der Waals surface area contributed by atoms with Gasteiger partial charge in [0.05, 0.1) is 12.6 Å². The van der Waals surface area contributed by atoms with E-state index in [1.807, 2.05) is 6.92 Å². The molecule has 1 aromatic carbocycles. The van der Waals surface area contributed by atoms with E-state index >= 15 is 0 Å². The molecule has 2 atom stereocenters. The van der Waals surface area contributed by atoms with Crippen LogP contribution < -0.4 is 0 Å². The Morgan fingerprint density at radius 1 is 1.29 bits per heavy atom. The van der Waals surface area contributed by atoms with Gasteiger partial charge in [0.1, 0.15) is 5.82 Å². The molecule has 114 valence electrons. The topological polar surface area (TPSA) is 46.6 Å². The standard InChI is InChI=1S/C16H20FNO3/c1-3-21-16(20)15(19)18-10-11(2)4-9-14(18)12-5-7-13(17)8-6-12/h5-8,11,14H,3-4,9-10H2,1-2H3/t11-,14+/m0/s1. The number of amides is 1. The van der Waals surface area contributed by atoms with Crippen molar-refractivity contribution in [1.29, 1.82) is 0 Å². The number of likely N-dealkylation sites (tertiary alicyclic amines) is 1. The Labute approximate surface area is 123 Å². The van der Waals surface area contributed by atoms with Crippen LogP contribution in [0.3, 0.4) is 0 Å². The molecule has 5 heteroatoms. The number of esters is 1. The minimum Gasteiger partial charge on any atom is -0.459 e. The number of carbonyl (C=O) groups is 2. The maximum absolute atomic E-state index is 13.0. The molecule has 1 aliphatic rings. The Balaban J connectivity index is 2.22. The molecule has 2 rings (SSSR count). The highest BCUT2D eigenvalue weighted by Gasteiger charge is 2.34. The number of ether oxygens (including phenoxy) is 1. The van der Waals surface area contributed by atoms with E-state index < -0.39 is 11.9 Å². The lowest BCUT2D eigenvalue weighted by Gasteiger charge is -2.38. The zero-order valence-electron chi connectivity index (χ0n) is 12.3. The molecule has 1 amide bonds. The summed E-state index contributed by atoms with van der Waals surface area (Å²) in [5.41, 5.74) is 0.848. The summed E-state index contributed by atoms with van der Waals surface area (Å²) in [7, 11) is 0. The van der Waals surface area contributed by atoms with Crippen molar-refractivity contribution >= 4 is 11.9 Å². The van der Waals surface area contributed by atoms with Crippen LogP contribution in [0.4, 0.5) is 4.39 Å². The number of rotatable bonds is 2. The average molecular weight is 293 g/mol. The minimum atomic E-state index is -0.821. The van der Waals surface area contributed by atoms with Crippen LogP contribution in [0.1, 0.15) is 38.3 Å². The van der Waals surface area contributed by atoms with Crippen LogP contribution in [-0.2, 0) is 14.3 Å². The van der Waals surface area contributed by atoms with E-state index in [1.54, 1.807) is 24.0 Å². The largest absolute Gasteiger partial charge is 0.459 e. The van der Waals surface area contributed by atoms with Gasteiger partial charge in [-0.2, -0.15) is 0 Å². The molecule has 0 saturated carbocycles. The van der Waals surface area contributed by atoms with Gasteiger partial charge < -0.3 is 9.64 Å². The second-order valence-corrected chi connectivity index (χ2v) is 5.43. The van der Waals surface area contributed by atoms with E-state index in [9.17, 15) is 14.0 Å². The molecule has 0 spiro atoms. The number of halogens is 1. The number of piperidine rings is 1. The molecular weight excluding hydrogens is 273 g/mol. The van der Waals surface area contributed by atoms with Crippen molar-refractivity contribution in [3.8, 4) is 0 Å². The first kappa shape index (κ1) is 15.5. The van der Waals surface area contributed by atoms with Crippen molar-refractivity contribution in [2.45, 2.75) is 32.7 Å². The minimum absolute atomic E-state index is 0.176. The van der Waals surface area contributed by atoms with Crippen molar-refractivity contribution in [2.75, 3.05) is 13.2 Å². The fraction of sp³-hybridized carbons (Fsp3) is 0.500. The maximum Gasteiger partial charge on any atom is 0.397 e. The Hall–Kier alpha value is -1.91. The summed E-state index contributed by atoms with van der Waals surface area (Å²) < 4.78 is 17.9. The summed E-state index contributed by atoms with van der Waals surface area (Å²) in [5.74, 6) is -1.41. The van der Waals surface area contributed by atoms with E-state index in [1.165, 1.54) is 12.1 Å². The molecule has 0 N–H and O–H groups in total. The first-order chi connectivity index (χ1) is 10.0. The van der Waals surface area contributed by atoms with Crippen LogP contribution in [0, 0.1) is 11.7 Å². The maximum atomic E-state index is 13.0. The summed E-state index contributed by atoms with van der Waals surface area (Å²) in [6.07, 6.45) is 1.73. The van der Waals surface area contributed by atoms with Crippen molar-refractivity contribution in [3.05, 3.63) is 35.6 Å². The smallest absolute Gasteiger partial charge is 0.397 e. The van der Waals surface area contributed by atoms with Gasteiger partial charge in [0.2, 0.25) is 0 Å². The quantitative estimate of drug-likeness (QED) is 0.622. The number of carbonyl (C=O) groups excluding carboxylic acids is 2. The van der Waals surface area contributed by atoms with Gasteiger partial charge in [0, 0.05) is 6.54 Å². The van der Waals surface area contributed by atoms with Crippen molar-refractivity contribution in [3.63, 3.8) is 0 Å². The fourth-order valence-corrected chi connectivity index (χ4v) is 2.72. The first-order valence-corrected chi connectivity index (χ1v) is 7.26. The molecule has 1 heterocycles. The van der Waals surface area contributed by atoms with Crippen LogP contribution in [0.25, 0.3) is 0 Å². The summed E-state index contributed by atoms with van der Waals surface area (Å²) in [5, 5.41) is 0. The molecule has 1 fully saturated rings. The number of hydrogen-bond donors (Lipinski definition) is 0. The summed E-state index contributed by atoms with van der Waals surface area (Å²) in [6, 6.07) is 5.89. The Morgan fingerprint density at radius 3 is 2.57 bits per heavy atom. The predicted octanol–water partition coefficient (Wildman–Crippen LogP) is 2.69. The zero-order valence-corrected chi connectivity index (χ0v) is 12.3. The third-order valence-electron chi connectivity index (χ3n) is 3.78. The van der Waals surface area contributed by atoms with E-state index in [-0.39, 0.29) is 18.5 Å². The summed E-state index contributed by atoms with van der Waals surface area (Å²) in [4.78, 5) is 25.5. The van der Waals surface area contributed by atoms with Gasteiger partial charge >= 0.3 is 11.9 Å². The van der Waals surface area contributed by atoms with Crippen LogP contribution in [0.2, 0.25) is 0 Å². The van der Waals surface area contributed by atoms with Crippen LogP contribution in [0.5, 0.6) is 0 Å². The van der Waals surface area contributed by atoms with Gasteiger partial charge in [0.25, 0.3) is 0 Å². The van der Waals surface area contributed by atoms with Crippen molar-refractivity contribution < 1.29 is 18.7 Å². The molecule has 0 bridgehead atoms. The normalized spacial score (nSPS) is 22.0. The summed E-state index contributed by atoms with van der Waals surface area (Å²) >= 11 is 0. The lowest BCUT2D eigenvalue weighted by atomic mass is 9.90. The van der Waals surface area contributed by atoms with Crippen molar-refractivity contribution in [1.82, 2.24) is 4.90 Å². The molecule has 21 heavy (non-hydrogen) atoms.